The molecule has 0 saturated heterocycles. The summed E-state index contributed by atoms with van der Waals surface area (Å²) in [6.45, 7) is 8.52. The molecule has 0 aliphatic heterocycles. The van der Waals surface area contributed by atoms with Crippen LogP contribution in [-0.4, -0.2) is 19.7 Å². The zero-order chi connectivity index (χ0) is 13.1. The van der Waals surface area contributed by atoms with Gasteiger partial charge in [-0.1, -0.05) is 27.7 Å². The maximum absolute atomic E-state index is 4.60. The fourth-order valence-electron chi connectivity index (χ4n) is 1.89. The summed E-state index contributed by atoms with van der Waals surface area (Å²) in [7, 11) is 0. The molecule has 0 unspecified atom stereocenters. The van der Waals surface area contributed by atoms with Crippen LogP contribution < -0.4 is 0 Å². The summed E-state index contributed by atoms with van der Waals surface area (Å²) in [6.07, 6.45) is 3.52. The summed E-state index contributed by atoms with van der Waals surface area (Å²) in [5, 5.41) is 4.60. The standard InChI is InChI=1S/C14H20N4/c1-5-11-7-12(6-2)18(17-11)14-8-13(10(3)4)15-9-16-14/h7-10H,5-6H2,1-4H3. The highest BCUT2D eigenvalue weighted by Gasteiger charge is 2.10. The van der Waals surface area contributed by atoms with Gasteiger partial charge in [-0.2, -0.15) is 5.10 Å². The van der Waals surface area contributed by atoms with E-state index in [4.69, 9.17) is 0 Å². The van der Waals surface area contributed by atoms with Gasteiger partial charge in [0.05, 0.1) is 5.69 Å². The number of hydrogen-bond donors (Lipinski definition) is 0. The molecule has 2 aromatic heterocycles. The van der Waals surface area contributed by atoms with E-state index in [1.54, 1.807) is 6.33 Å². The zero-order valence-corrected chi connectivity index (χ0v) is 11.5. The van der Waals surface area contributed by atoms with E-state index in [0.29, 0.717) is 5.92 Å². The number of aryl methyl sites for hydroxylation is 2. The smallest absolute Gasteiger partial charge is 0.157 e. The maximum Gasteiger partial charge on any atom is 0.157 e. The van der Waals surface area contributed by atoms with Crippen LogP contribution in [0.15, 0.2) is 18.5 Å². The van der Waals surface area contributed by atoms with Gasteiger partial charge >= 0.3 is 0 Å². The monoisotopic (exact) mass is 244 g/mol. The van der Waals surface area contributed by atoms with Crippen LogP contribution in [0.4, 0.5) is 0 Å². The second kappa shape index (κ2) is 5.29. The lowest BCUT2D eigenvalue weighted by Gasteiger charge is -2.08. The molecule has 4 heteroatoms. The van der Waals surface area contributed by atoms with E-state index in [9.17, 15) is 0 Å². The van der Waals surface area contributed by atoms with Crippen LogP contribution in [0.2, 0.25) is 0 Å². The number of aromatic nitrogens is 4. The van der Waals surface area contributed by atoms with Gasteiger partial charge in [-0.05, 0) is 24.8 Å². The van der Waals surface area contributed by atoms with Crippen LogP contribution in [0.1, 0.15) is 50.7 Å². The Morgan fingerprint density at radius 3 is 2.50 bits per heavy atom. The van der Waals surface area contributed by atoms with Crippen molar-refractivity contribution in [3.8, 4) is 5.82 Å². The minimum atomic E-state index is 0.401. The Morgan fingerprint density at radius 1 is 1.11 bits per heavy atom. The molecule has 96 valence electrons. The van der Waals surface area contributed by atoms with Crippen LogP contribution in [0, 0.1) is 0 Å². The average Bonchev–Trinajstić information content (AvgIpc) is 2.82. The summed E-state index contributed by atoms with van der Waals surface area (Å²) in [5.41, 5.74) is 3.35. The van der Waals surface area contributed by atoms with E-state index in [-0.39, 0.29) is 0 Å². The fourth-order valence-corrected chi connectivity index (χ4v) is 1.89. The van der Waals surface area contributed by atoms with E-state index in [1.807, 2.05) is 10.7 Å². The van der Waals surface area contributed by atoms with Crippen molar-refractivity contribution in [1.29, 1.82) is 0 Å². The Labute approximate surface area is 108 Å². The third-order valence-electron chi connectivity index (χ3n) is 3.04. The third-order valence-corrected chi connectivity index (χ3v) is 3.04. The molecular formula is C14H20N4. The van der Waals surface area contributed by atoms with Crippen LogP contribution in [-0.2, 0) is 12.8 Å². The Bertz CT molecular complexity index is 528. The molecule has 0 N–H and O–H groups in total. The fraction of sp³-hybridized carbons (Fsp3) is 0.500. The van der Waals surface area contributed by atoms with Gasteiger partial charge in [-0.25, -0.2) is 14.6 Å². The largest absolute Gasteiger partial charge is 0.241 e. The number of hydrogen-bond acceptors (Lipinski definition) is 3. The van der Waals surface area contributed by atoms with E-state index in [1.165, 1.54) is 5.69 Å². The highest BCUT2D eigenvalue weighted by atomic mass is 15.3. The molecule has 18 heavy (non-hydrogen) atoms. The molecule has 4 nitrogen and oxygen atoms in total. The van der Waals surface area contributed by atoms with Crippen molar-refractivity contribution in [2.75, 3.05) is 0 Å². The average molecular weight is 244 g/mol. The summed E-state index contributed by atoms with van der Waals surface area (Å²) in [6, 6.07) is 4.17. The van der Waals surface area contributed by atoms with Gasteiger partial charge in [0.15, 0.2) is 5.82 Å². The predicted octanol–water partition coefficient (Wildman–Crippen LogP) is 2.91. The first-order valence-electron chi connectivity index (χ1n) is 6.55. The highest BCUT2D eigenvalue weighted by molar-refractivity contribution is 5.28. The molecule has 0 saturated carbocycles. The molecule has 0 bridgehead atoms. The molecule has 0 aliphatic rings. The van der Waals surface area contributed by atoms with Crippen molar-refractivity contribution in [1.82, 2.24) is 19.7 Å². The lowest BCUT2D eigenvalue weighted by atomic mass is 10.1. The summed E-state index contributed by atoms with van der Waals surface area (Å²) in [5.74, 6) is 1.27. The SMILES string of the molecule is CCc1cc(CC)n(-c2cc(C(C)C)ncn2)n1. The first-order chi connectivity index (χ1) is 8.65. The Morgan fingerprint density at radius 2 is 1.89 bits per heavy atom. The predicted molar refractivity (Wildman–Crippen MR) is 72.0 cm³/mol. The Kier molecular flexibility index (Phi) is 3.75. The Hall–Kier alpha value is -1.71. The van der Waals surface area contributed by atoms with Gasteiger partial charge in [-0.3, -0.25) is 0 Å². The quantitative estimate of drug-likeness (QED) is 0.830. The second-order valence-electron chi connectivity index (χ2n) is 4.70. The molecule has 0 aliphatic carbocycles. The summed E-state index contributed by atoms with van der Waals surface area (Å²) in [4.78, 5) is 8.63. The van der Waals surface area contributed by atoms with Crippen molar-refractivity contribution < 1.29 is 0 Å². The number of nitrogens with zero attached hydrogens (tertiary/aromatic N) is 4. The van der Waals surface area contributed by atoms with Crippen molar-refractivity contribution in [3.05, 3.63) is 35.5 Å². The summed E-state index contributed by atoms with van der Waals surface area (Å²) >= 11 is 0. The van der Waals surface area contributed by atoms with E-state index in [0.717, 1.165) is 30.0 Å². The molecule has 0 radical (unpaired) electrons. The van der Waals surface area contributed by atoms with Crippen LogP contribution in [0.5, 0.6) is 0 Å². The molecule has 2 heterocycles. The highest BCUT2D eigenvalue weighted by Crippen LogP contribution is 2.16. The van der Waals surface area contributed by atoms with E-state index < -0.39 is 0 Å². The van der Waals surface area contributed by atoms with Crippen molar-refractivity contribution >= 4 is 0 Å². The van der Waals surface area contributed by atoms with Crippen LogP contribution in [0.3, 0.4) is 0 Å². The maximum atomic E-state index is 4.60. The number of rotatable bonds is 4. The summed E-state index contributed by atoms with van der Waals surface area (Å²) < 4.78 is 1.94. The third kappa shape index (κ3) is 2.42. The zero-order valence-electron chi connectivity index (χ0n) is 11.5. The van der Waals surface area contributed by atoms with Gasteiger partial charge in [-0.15, -0.1) is 0 Å². The molecular weight excluding hydrogens is 224 g/mol. The molecule has 0 amide bonds. The molecule has 0 aromatic carbocycles. The lowest BCUT2D eigenvalue weighted by molar-refractivity contribution is 0.749. The van der Waals surface area contributed by atoms with Crippen molar-refractivity contribution in [2.45, 2.75) is 46.5 Å². The van der Waals surface area contributed by atoms with Gasteiger partial charge < -0.3 is 0 Å². The minimum absolute atomic E-state index is 0.401. The molecule has 2 rings (SSSR count). The minimum Gasteiger partial charge on any atom is -0.241 e. The van der Waals surface area contributed by atoms with Crippen LogP contribution in [0.25, 0.3) is 5.82 Å². The molecule has 0 spiro atoms. The Balaban J connectivity index is 2.47. The first-order valence-corrected chi connectivity index (χ1v) is 6.55. The van der Waals surface area contributed by atoms with Crippen molar-refractivity contribution in [3.63, 3.8) is 0 Å². The molecule has 0 fully saturated rings. The van der Waals surface area contributed by atoms with Crippen LogP contribution >= 0.6 is 0 Å². The lowest BCUT2D eigenvalue weighted by Crippen LogP contribution is -2.06. The van der Waals surface area contributed by atoms with Gasteiger partial charge in [0.25, 0.3) is 0 Å². The second-order valence-corrected chi connectivity index (χ2v) is 4.70. The van der Waals surface area contributed by atoms with Gasteiger partial charge in [0.2, 0.25) is 0 Å². The normalized spacial score (nSPS) is 11.2. The molecule has 0 atom stereocenters. The van der Waals surface area contributed by atoms with E-state index >= 15 is 0 Å². The first kappa shape index (κ1) is 12.7. The van der Waals surface area contributed by atoms with Gasteiger partial charge in [0, 0.05) is 17.5 Å². The van der Waals surface area contributed by atoms with Crippen molar-refractivity contribution in [2.24, 2.45) is 0 Å². The molecule has 2 aromatic rings. The topological polar surface area (TPSA) is 43.6 Å². The van der Waals surface area contributed by atoms with E-state index in [2.05, 4.69) is 48.8 Å². The van der Waals surface area contributed by atoms with Gasteiger partial charge in [0.1, 0.15) is 6.33 Å².